The summed E-state index contributed by atoms with van der Waals surface area (Å²) in [6, 6.07) is 5.81. The van der Waals surface area contributed by atoms with Crippen LogP contribution in [0.25, 0.3) is 0 Å². The minimum atomic E-state index is -0.504. The summed E-state index contributed by atoms with van der Waals surface area (Å²) in [7, 11) is 5.00. The van der Waals surface area contributed by atoms with Crippen molar-refractivity contribution < 1.29 is 19.0 Å². The number of carbonyl (C=O) groups is 1. The van der Waals surface area contributed by atoms with E-state index in [1.54, 1.807) is 21.3 Å². The molecule has 1 amide bonds. The molecule has 1 aliphatic heterocycles. The van der Waals surface area contributed by atoms with E-state index in [0.29, 0.717) is 24.6 Å². The first kappa shape index (κ1) is 25.1. The maximum Gasteiger partial charge on any atom is 0.407 e. The molecule has 0 spiro atoms. The molecule has 1 aliphatic rings. The highest BCUT2D eigenvalue weighted by molar-refractivity contribution is 14.0. The van der Waals surface area contributed by atoms with Crippen molar-refractivity contribution in [2.75, 3.05) is 34.4 Å². The molecule has 0 aliphatic carbocycles. The predicted molar refractivity (Wildman–Crippen MR) is 125 cm³/mol. The van der Waals surface area contributed by atoms with Crippen LogP contribution in [0.1, 0.15) is 32.8 Å². The Morgan fingerprint density at radius 2 is 2.00 bits per heavy atom. The number of amides is 1. The lowest BCUT2D eigenvalue weighted by atomic mass is 10.2. The normalized spacial score (nSPS) is 16.7. The fourth-order valence-electron chi connectivity index (χ4n) is 3.14. The fourth-order valence-corrected chi connectivity index (χ4v) is 3.14. The van der Waals surface area contributed by atoms with E-state index in [2.05, 4.69) is 20.5 Å². The van der Waals surface area contributed by atoms with Crippen LogP contribution in [0.2, 0.25) is 0 Å². The number of methoxy groups -OCH3 is 2. The van der Waals surface area contributed by atoms with Crippen molar-refractivity contribution in [3.05, 3.63) is 23.8 Å². The number of benzene rings is 1. The topological polar surface area (TPSA) is 84.4 Å². The van der Waals surface area contributed by atoms with Gasteiger partial charge in [-0.05, 0) is 33.3 Å². The Kier molecular flexibility index (Phi) is 9.81. The second-order valence-corrected chi connectivity index (χ2v) is 7.63. The molecular formula is C20H33IN4O4. The van der Waals surface area contributed by atoms with Crippen molar-refractivity contribution in [3.8, 4) is 11.5 Å². The SMILES string of the molecule is CN=C(NCc1cccc(OC)c1OC)N1CCC(NC(=O)OC(C)(C)C)C1.I. The quantitative estimate of drug-likeness (QED) is 0.353. The summed E-state index contributed by atoms with van der Waals surface area (Å²) in [5.41, 5.74) is 0.473. The Morgan fingerprint density at radius 3 is 2.59 bits per heavy atom. The van der Waals surface area contributed by atoms with Gasteiger partial charge in [0.1, 0.15) is 5.60 Å². The van der Waals surface area contributed by atoms with Gasteiger partial charge in [-0.25, -0.2) is 4.79 Å². The van der Waals surface area contributed by atoms with E-state index < -0.39 is 5.60 Å². The number of likely N-dealkylation sites (tertiary alicyclic amines) is 1. The largest absolute Gasteiger partial charge is 0.493 e. The van der Waals surface area contributed by atoms with Gasteiger partial charge in [0.2, 0.25) is 0 Å². The number of aliphatic imine (C=N–C) groups is 1. The highest BCUT2D eigenvalue weighted by atomic mass is 127. The Hall–Kier alpha value is -1.91. The molecule has 1 heterocycles. The number of para-hydroxylation sites is 1. The number of halogens is 1. The lowest BCUT2D eigenvalue weighted by Gasteiger charge is -2.23. The molecular weight excluding hydrogens is 487 g/mol. The summed E-state index contributed by atoms with van der Waals surface area (Å²) in [5.74, 6) is 2.18. The fraction of sp³-hybridized carbons (Fsp3) is 0.600. The van der Waals surface area contributed by atoms with Crippen molar-refractivity contribution in [3.63, 3.8) is 0 Å². The average molecular weight is 520 g/mol. The number of guanidine groups is 1. The van der Waals surface area contributed by atoms with Crippen LogP contribution in [0.15, 0.2) is 23.2 Å². The molecule has 29 heavy (non-hydrogen) atoms. The third-order valence-corrected chi connectivity index (χ3v) is 4.34. The molecule has 0 bridgehead atoms. The van der Waals surface area contributed by atoms with Crippen LogP contribution in [-0.4, -0.2) is 63.0 Å². The first-order valence-electron chi connectivity index (χ1n) is 9.42. The minimum absolute atomic E-state index is 0. The maximum absolute atomic E-state index is 12.0. The van der Waals surface area contributed by atoms with Gasteiger partial charge in [0.25, 0.3) is 0 Å². The molecule has 1 aromatic rings. The van der Waals surface area contributed by atoms with E-state index in [-0.39, 0.29) is 36.1 Å². The van der Waals surface area contributed by atoms with Gasteiger partial charge < -0.3 is 29.7 Å². The number of rotatable bonds is 5. The summed E-state index contributed by atoms with van der Waals surface area (Å²) in [4.78, 5) is 18.5. The zero-order valence-electron chi connectivity index (χ0n) is 18.1. The van der Waals surface area contributed by atoms with Gasteiger partial charge in [-0.3, -0.25) is 4.99 Å². The number of nitrogens with zero attached hydrogens (tertiary/aromatic N) is 2. The first-order valence-corrected chi connectivity index (χ1v) is 9.42. The van der Waals surface area contributed by atoms with Gasteiger partial charge in [0, 0.05) is 32.2 Å². The van der Waals surface area contributed by atoms with Crippen LogP contribution in [0.4, 0.5) is 4.79 Å². The van der Waals surface area contributed by atoms with E-state index in [1.807, 2.05) is 39.0 Å². The second kappa shape index (κ2) is 11.3. The van der Waals surface area contributed by atoms with E-state index in [1.165, 1.54) is 0 Å². The van der Waals surface area contributed by atoms with Crippen molar-refractivity contribution in [1.29, 1.82) is 0 Å². The molecule has 2 rings (SSSR count). The van der Waals surface area contributed by atoms with Gasteiger partial charge in [0.15, 0.2) is 17.5 Å². The van der Waals surface area contributed by atoms with E-state index in [9.17, 15) is 4.79 Å². The van der Waals surface area contributed by atoms with Crippen LogP contribution in [-0.2, 0) is 11.3 Å². The highest BCUT2D eigenvalue weighted by Crippen LogP contribution is 2.30. The average Bonchev–Trinajstić information content (AvgIpc) is 3.08. The van der Waals surface area contributed by atoms with Gasteiger partial charge in [-0.2, -0.15) is 0 Å². The highest BCUT2D eigenvalue weighted by Gasteiger charge is 2.28. The molecule has 1 fully saturated rings. The lowest BCUT2D eigenvalue weighted by Crippen LogP contribution is -2.44. The molecule has 1 unspecified atom stereocenters. The van der Waals surface area contributed by atoms with Gasteiger partial charge in [0.05, 0.1) is 20.3 Å². The maximum atomic E-state index is 12.0. The van der Waals surface area contributed by atoms with Gasteiger partial charge in [-0.15, -0.1) is 24.0 Å². The molecule has 1 atom stereocenters. The molecule has 0 radical (unpaired) electrons. The van der Waals surface area contributed by atoms with Crippen molar-refractivity contribution in [1.82, 2.24) is 15.5 Å². The Bertz CT molecular complexity index is 706. The number of hydrogen-bond acceptors (Lipinski definition) is 5. The monoisotopic (exact) mass is 520 g/mol. The molecule has 0 aromatic heterocycles. The van der Waals surface area contributed by atoms with Crippen molar-refractivity contribution in [2.45, 2.75) is 45.4 Å². The Balaban J connectivity index is 0.00000420. The third-order valence-electron chi connectivity index (χ3n) is 4.34. The van der Waals surface area contributed by atoms with E-state index in [0.717, 1.165) is 24.5 Å². The summed E-state index contributed by atoms with van der Waals surface area (Å²) in [6.07, 6.45) is 0.450. The molecule has 2 N–H and O–H groups in total. The Labute approximate surface area is 190 Å². The number of carbonyl (C=O) groups excluding carboxylic acids is 1. The van der Waals surface area contributed by atoms with Crippen LogP contribution < -0.4 is 20.1 Å². The third kappa shape index (κ3) is 7.45. The van der Waals surface area contributed by atoms with E-state index in [4.69, 9.17) is 14.2 Å². The zero-order valence-corrected chi connectivity index (χ0v) is 20.4. The smallest absolute Gasteiger partial charge is 0.407 e. The number of hydrogen-bond donors (Lipinski definition) is 2. The Morgan fingerprint density at radius 1 is 1.28 bits per heavy atom. The predicted octanol–water partition coefficient (Wildman–Crippen LogP) is 3.00. The van der Waals surface area contributed by atoms with Crippen molar-refractivity contribution in [2.24, 2.45) is 4.99 Å². The van der Waals surface area contributed by atoms with Gasteiger partial charge >= 0.3 is 6.09 Å². The minimum Gasteiger partial charge on any atom is -0.493 e. The number of alkyl carbamates (subject to hydrolysis) is 1. The van der Waals surface area contributed by atoms with Crippen molar-refractivity contribution >= 4 is 36.0 Å². The summed E-state index contributed by atoms with van der Waals surface area (Å²) < 4.78 is 16.2. The molecule has 9 heteroatoms. The molecule has 0 saturated carbocycles. The summed E-state index contributed by atoms with van der Waals surface area (Å²) in [6.45, 7) is 7.59. The van der Waals surface area contributed by atoms with E-state index >= 15 is 0 Å². The zero-order chi connectivity index (χ0) is 20.7. The summed E-state index contributed by atoms with van der Waals surface area (Å²) in [5, 5.41) is 6.29. The van der Waals surface area contributed by atoms with Crippen LogP contribution in [0, 0.1) is 0 Å². The van der Waals surface area contributed by atoms with Gasteiger partial charge in [-0.1, -0.05) is 12.1 Å². The van der Waals surface area contributed by atoms with Crippen LogP contribution in [0.3, 0.4) is 0 Å². The molecule has 8 nitrogen and oxygen atoms in total. The first-order chi connectivity index (χ1) is 13.3. The lowest BCUT2D eigenvalue weighted by molar-refractivity contribution is 0.0507. The standard InChI is InChI=1S/C20H32N4O4.HI/c1-20(2,3)28-19(25)23-15-10-11-24(13-15)18(21-4)22-12-14-8-7-9-16(26-5)17(14)27-6;/h7-9,15H,10-13H2,1-6H3,(H,21,22)(H,23,25);1H. The molecule has 1 saturated heterocycles. The van der Waals surface area contributed by atoms with Crippen LogP contribution >= 0.6 is 24.0 Å². The number of nitrogens with one attached hydrogen (secondary N) is 2. The summed E-state index contributed by atoms with van der Waals surface area (Å²) >= 11 is 0. The number of ether oxygens (including phenoxy) is 3. The van der Waals surface area contributed by atoms with Crippen LogP contribution in [0.5, 0.6) is 11.5 Å². The molecule has 1 aromatic carbocycles. The molecule has 164 valence electrons. The second-order valence-electron chi connectivity index (χ2n) is 7.63.